The topological polar surface area (TPSA) is 77.6 Å². The Labute approximate surface area is 164 Å². The highest BCUT2D eigenvalue weighted by Crippen LogP contribution is 2.43. The second kappa shape index (κ2) is 6.83. The monoisotopic (exact) mass is 389 g/mol. The lowest BCUT2D eigenvalue weighted by Crippen LogP contribution is -1.85. The van der Waals surface area contributed by atoms with Crippen LogP contribution in [-0.4, -0.2) is 16.2 Å². The van der Waals surface area contributed by atoms with Crippen LogP contribution in [0.2, 0.25) is 5.02 Å². The molecule has 0 radical (unpaired) electrons. The molecule has 0 fully saturated rings. The normalized spacial score (nSPS) is 11.6. The van der Waals surface area contributed by atoms with Gasteiger partial charge in [-0.15, -0.1) is 0 Å². The first kappa shape index (κ1) is 16.5. The molecule has 4 aromatic heterocycles. The Bertz CT molecular complexity index is 1270. The summed E-state index contributed by atoms with van der Waals surface area (Å²) in [5.41, 5.74) is 1.85. The maximum atomic E-state index is 6.22. The standard InChI is InChI=1S/C21H12ClN3O3/c22-14-6-2-1-5-13(14)11-23-20-18-17(15-7-3-9-26-15)19(16-8-4-10-27-16)28-21(18)25-12-24-20/h1-12H. The summed E-state index contributed by atoms with van der Waals surface area (Å²) in [6, 6.07) is 14.7. The van der Waals surface area contributed by atoms with Gasteiger partial charge in [-0.3, -0.25) is 0 Å². The number of halogens is 1. The molecule has 0 unspecified atom stereocenters. The van der Waals surface area contributed by atoms with Crippen LogP contribution in [-0.2, 0) is 0 Å². The molecule has 0 bridgehead atoms. The molecular formula is C21H12ClN3O3. The first-order valence-electron chi connectivity index (χ1n) is 8.45. The van der Waals surface area contributed by atoms with E-state index in [1.807, 2.05) is 30.3 Å². The summed E-state index contributed by atoms with van der Waals surface area (Å²) in [5.74, 6) is 2.11. The lowest BCUT2D eigenvalue weighted by molar-refractivity contribution is 0.536. The molecule has 28 heavy (non-hydrogen) atoms. The molecule has 0 N–H and O–H groups in total. The summed E-state index contributed by atoms with van der Waals surface area (Å²) in [5, 5.41) is 1.23. The molecule has 0 aliphatic carbocycles. The highest BCUT2D eigenvalue weighted by Gasteiger charge is 2.25. The number of nitrogens with zero attached hydrogens (tertiary/aromatic N) is 3. The Morgan fingerprint density at radius 3 is 2.43 bits per heavy atom. The summed E-state index contributed by atoms with van der Waals surface area (Å²) in [4.78, 5) is 13.1. The SMILES string of the molecule is Clc1ccccc1C=Nc1ncnc2oc(-c3ccco3)c(-c3ccco3)c12. The quantitative estimate of drug-likeness (QED) is 0.344. The average molecular weight is 390 g/mol. The minimum atomic E-state index is 0.388. The molecule has 0 atom stereocenters. The number of aromatic nitrogens is 2. The van der Waals surface area contributed by atoms with Gasteiger partial charge in [-0.1, -0.05) is 29.8 Å². The fourth-order valence-corrected chi connectivity index (χ4v) is 3.15. The van der Waals surface area contributed by atoms with Gasteiger partial charge < -0.3 is 13.3 Å². The van der Waals surface area contributed by atoms with Gasteiger partial charge in [0.2, 0.25) is 5.71 Å². The van der Waals surface area contributed by atoms with E-state index < -0.39 is 0 Å². The summed E-state index contributed by atoms with van der Waals surface area (Å²) in [6.07, 6.45) is 6.24. The van der Waals surface area contributed by atoms with Gasteiger partial charge in [0, 0.05) is 16.8 Å². The van der Waals surface area contributed by atoms with Gasteiger partial charge in [-0.05, 0) is 30.3 Å². The van der Waals surface area contributed by atoms with E-state index >= 15 is 0 Å². The number of benzene rings is 1. The first-order valence-corrected chi connectivity index (χ1v) is 8.83. The third-order valence-electron chi connectivity index (χ3n) is 4.21. The number of rotatable bonds is 4. The number of furan rings is 3. The van der Waals surface area contributed by atoms with E-state index in [2.05, 4.69) is 15.0 Å². The van der Waals surface area contributed by atoms with E-state index in [0.717, 1.165) is 5.56 Å². The zero-order valence-corrected chi connectivity index (χ0v) is 15.1. The van der Waals surface area contributed by atoms with Crippen LogP contribution in [0.3, 0.4) is 0 Å². The van der Waals surface area contributed by atoms with Gasteiger partial charge in [-0.2, -0.15) is 0 Å². The molecular weight excluding hydrogens is 378 g/mol. The summed E-state index contributed by atoms with van der Waals surface area (Å²) in [6.45, 7) is 0. The van der Waals surface area contributed by atoms with Crippen molar-refractivity contribution in [1.82, 2.24) is 9.97 Å². The summed E-state index contributed by atoms with van der Waals surface area (Å²) in [7, 11) is 0. The van der Waals surface area contributed by atoms with Crippen LogP contribution in [0, 0.1) is 0 Å². The maximum Gasteiger partial charge on any atom is 0.232 e. The Hall–Kier alpha value is -3.64. The minimum Gasteiger partial charge on any atom is -0.464 e. The maximum absolute atomic E-state index is 6.22. The largest absolute Gasteiger partial charge is 0.464 e. The molecule has 0 aliphatic rings. The van der Waals surface area contributed by atoms with Crippen LogP contribution in [0.15, 0.2) is 85.6 Å². The molecule has 0 amide bonds. The molecule has 0 spiro atoms. The van der Waals surface area contributed by atoms with Crippen molar-refractivity contribution in [2.75, 3.05) is 0 Å². The van der Waals surface area contributed by atoms with E-state index in [-0.39, 0.29) is 0 Å². The molecule has 0 saturated heterocycles. The van der Waals surface area contributed by atoms with E-state index in [1.165, 1.54) is 6.33 Å². The second-order valence-electron chi connectivity index (χ2n) is 5.92. The van der Waals surface area contributed by atoms with E-state index in [0.29, 0.717) is 44.8 Å². The number of fused-ring (bicyclic) bond motifs is 1. The van der Waals surface area contributed by atoms with Gasteiger partial charge >= 0.3 is 0 Å². The van der Waals surface area contributed by atoms with Crippen LogP contribution in [0.1, 0.15) is 5.56 Å². The summed E-state index contributed by atoms with van der Waals surface area (Å²) < 4.78 is 17.1. The molecule has 0 aliphatic heterocycles. The molecule has 5 rings (SSSR count). The predicted octanol–water partition coefficient (Wildman–Crippen LogP) is 6.15. The van der Waals surface area contributed by atoms with Crippen LogP contribution >= 0.6 is 11.6 Å². The van der Waals surface area contributed by atoms with Crippen molar-refractivity contribution in [3.63, 3.8) is 0 Å². The summed E-state index contributed by atoms with van der Waals surface area (Å²) >= 11 is 6.22. The predicted molar refractivity (Wildman–Crippen MR) is 106 cm³/mol. The fraction of sp³-hybridized carbons (Fsp3) is 0. The molecule has 4 heterocycles. The average Bonchev–Trinajstić information content (AvgIpc) is 3.46. The van der Waals surface area contributed by atoms with Crippen molar-refractivity contribution in [2.45, 2.75) is 0 Å². The highest BCUT2D eigenvalue weighted by molar-refractivity contribution is 6.33. The number of aliphatic imine (C=N–C) groups is 1. The molecule has 1 aromatic carbocycles. The van der Waals surface area contributed by atoms with Crippen molar-refractivity contribution < 1.29 is 13.3 Å². The van der Waals surface area contributed by atoms with Crippen molar-refractivity contribution in [2.24, 2.45) is 4.99 Å². The fourth-order valence-electron chi connectivity index (χ4n) is 2.96. The van der Waals surface area contributed by atoms with Crippen molar-refractivity contribution in [1.29, 1.82) is 0 Å². The third kappa shape index (κ3) is 2.80. The Morgan fingerprint density at radius 2 is 1.68 bits per heavy atom. The lowest BCUT2D eigenvalue weighted by Gasteiger charge is -2.00. The molecule has 7 heteroatoms. The van der Waals surface area contributed by atoms with Gasteiger partial charge in [0.1, 0.15) is 12.1 Å². The van der Waals surface area contributed by atoms with E-state index in [1.54, 1.807) is 36.9 Å². The van der Waals surface area contributed by atoms with Crippen molar-refractivity contribution >= 4 is 34.7 Å². The van der Waals surface area contributed by atoms with Crippen LogP contribution < -0.4 is 0 Å². The molecule has 0 saturated carbocycles. The molecule has 6 nitrogen and oxygen atoms in total. The lowest BCUT2D eigenvalue weighted by atomic mass is 10.1. The molecule has 5 aromatic rings. The van der Waals surface area contributed by atoms with Gasteiger partial charge in [-0.25, -0.2) is 15.0 Å². The zero-order valence-electron chi connectivity index (χ0n) is 14.4. The highest BCUT2D eigenvalue weighted by atomic mass is 35.5. The van der Waals surface area contributed by atoms with E-state index in [4.69, 9.17) is 24.9 Å². The van der Waals surface area contributed by atoms with Crippen LogP contribution in [0.5, 0.6) is 0 Å². The van der Waals surface area contributed by atoms with E-state index in [9.17, 15) is 0 Å². The minimum absolute atomic E-state index is 0.388. The van der Waals surface area contributed by atoms with Crippen LogP contribution in [0.4, 0.5) is 5.82 Å². The third-order valence-corrected chi connectivity index (χ3v) is 4.56. The smallest absolute Gasteiger partial charge is 0.232 e. The number of hydrogen-bond acceptors (Lipinski definition) is 6. The first-order chi connectivity index (χ1) is 13.8. The van der Waals surface area contributed by atoms with Gasteiger partial charge in [0.25, 0.3) is 0 Å². The Morgan fingerprint density at radius 1 is 0.893 bits per heavy atom. The zero-order chi connectivity index (χ0) is 18.9. The van der Waals surface area contributed by atoms with Crippen molar-refractivity contribution in [3.05, 3.63) is 78.0 Å². The van der Waals surface area contributed by atoms with Gasteiger partial charge in [0.15, 0.2) is 17.3 Å². The second-order valence-corrected chi connectivity index (χ2v) is 6.33. The Kier molecular flexibility index (Phi) is 4.03. The molecule has 136 valence electrons. The van der Waals surface area contributed by atoms with Gasteiger partial charge in [0.05, 0.1) is 23.5 Å². The van der Waals surface area contributed by atoms with Crippen molar-refractivity contribution in [3.8, 4) is 22.8 Å². The number of hydrogen-bond donors (Lipinski definition) is 0. The Balaban J connectivity index is 1.74. The van der Waals surface area contributed by atoms with Crippen LogP contribution in [0.25, 0.3) is 33.9 Å².